The average Bonchev–Trinajstić information content (AvgIpc) is 2.39. The maximum absolute atomic E-state index is 5.59. The zero-order valence-corrected chi connectivity index (χ0v) is 6.86. The molecule has 0 bridgehead atoms. The van der Waals surface area contributed by atoms with E-state index in [-0.39, 0.29) is 0 Å². The molecule has 0 spiro atoms. The van der Waals surface area contributed by atoms with Crippen LogP contribution in [0.25, 0.3) is 0 Å². The van der Waals surface area contributed by atoms with Crippen molar-refractivity contribution in [2.75, 3.05) is 11.8 Å². The molecule has 0 saturated carbocycles. The standard InChI is InChI=1S/C6H8Cl2O2/c7-2-1-6(5-8)9-3-4-10-6/h3-4H,1-2,5H2. The van der Waals surface area contributed by atoms with Crippen LogP contribution < -0.4 is 0 Å². The Bertz CT molecular complexity index is 128. The highest BCUT2D eigenvalue weighted by Gasteiger charge is 2.33. The molecular formula is C6H8Cl2O2. The van der Waals surface area contributed by atoms with Crippen molar-refractivity contribution in [3.63, 3.8) is 0 Å². The summed E-state index contributed by atoms with van der Waals surface area (Å²) in [6.45, 7) is 0. The lowest BCUT2D eigenvalue weighted by molar-refractivity contribution is -0.123. The molecule has 0 saturated heterocycles. The van der Waals surface area contributed by atoms with E-state index in [1.54, 1.807) is 0 Å². The van der Waals surface area contributed by atoms with Gasteiger partial charge in [0.05, 0.1) is 5.88 Å². The molecule has 0 N–H and O–H groups in total. The lowest BCUT2D eigenvalue weighted by Crippen LogP contribution is -2.32. The molecule has 2 nitrogen and oxygen atoms in total. The van der Waals surface area contributed by atoms with Crippen molar-refractivity contribution in [3.05, 3.63) is 12.5 Å². The third kappa shape index (κ3) is 1.50. The minimum atomic E-state index is -0.691. The fourth-order valence-corrected chi connectivity index (χ4v) is 1.27. The quantitative estimate of drug-likeness (QED) is 0.623. The summed E-state index contributed by atoms with van der Waals surface area (Å²) >= 11 is 11.1. The second-order valence-corrected chi connectivity index (χ2v) is 2.64. The molecule has 0 radical (unpaired) electrons. The predicted molar refractivity (Wildman–Crippen MR) is 40.1 cm³/mol. The maximum atomic E-state index is 5.59. The molecule has 1 rings (SSSR count). The number of hydrogen-bond donors (Lipinski definition) is 0. The van der Waals surface area contributed by atoms with E-state index in [9.17, 15) is 0 Å². The third-order valence-electron chi connectivity index (χ3n) is 1.30. The third-order valence-corrected chi connectivity index (χ3v) is 1.90. The van der Waals surface area contributed by atoms with Crippen LogP contribution in [0.4, 0.5) is 0 Å². The second-order valence-electron chi connectivity index (χ2n) is 1.99. The summed E-state index contributed by atoms with van der Waals surface area (Å²) in [4.78, 5) is 0. The number of ether oxygens (including phenoxy) is 2. The van der Waals surface area contributed by atoms with Crippen molar-refractivity contribution in [2.45, 2.75) is 12.2 Å². The number of halogens is 2. The minimum absolute atomic E-state index is 0.298. The molecule has 10 heavy (non-hydrogen) atoms. The smallest absolute Gasteiger partial charge is 0.264 e. The van der Waals surface area contributed by atoms with E-state index >= 15 is 0 Å². The average molecular weight is 183 g/mol. The lowest BCUT2D eigenvalue weighted by Gasteiger charge is -2.23. The molecule has 0 amide bonds. The van der Waals surface area contributed by atoms with Crippen LogP contribution in [0, 0.1) is 0 Å². The molecule has 0 aliphatic carbocycles. The molecule has 0 fully saturated rings. The van der Waals surface area contributed by atoms with Gasteiger partial charge in [-0.25, -0.2) is 0 Å². The van der Waals surface area contributed by atoms with Crippen LogP contribution in [0.5, 0.6) is 0 Å². The van der Waals surface area contributed by atoms with E-state index < -0.39 is 5.79 Å². The van der Waals surface area contributed by atoms with Gasteiger partial charge in [0, 0.05) is 12.3 Å². The van der Waals surface area contributed by atoms with E-state index in [1.807, 2.05) is 0 Å². The Balaban J connectivity index is 2.44. The first-order valence-corrected chi connectivity index (χ1v) is 4.02. The van der Waals surface area contributed by atoms with Crippen LogP contribution >= 0.6 is 23.2 Å². The van der Waals surface area contributed by atoms with E-state index in [1.165, 1.54) is 12.5 Å². The monoisotopic (exact) mass is 182 g/mol. The highest BCUT2D eigenvalue weighted by atomic mass is 35.5. The minimum Gasteiger partial charge on any atom is -0.456 e. The van der Waals surface area contributed by atoms with Gasteiger partial charge >= 0.3 is 0 Å². The summed E-state index contributed by atoms with van der Waals surface area (Å²) in [6.07, 6.45) is 3.56. The predicted octanol–water partition coefficient (Wildman–Crippen LogP) is 2.07. The zero-order valence-electron chi connectivity index (χ0n) is 5.35. The van der Waals surface area contributed by atoms with E-state index in [0.717, 1.165) is 0 Å². The molecule has 0 unspecified atom stereocenters. The lowest BCUT2D eigenvalue weighted by atomic mass is 10.2. The SMILES string of the molecule is ClCCC1(CCl)OC=CO1. The zero-order chi connectivity index (χ0) is 7.45. The van der Waals surface area contributed by atoms with Gasteiger partial charge < -0.3 is 9.47 Å². The molecule has 0 aromatic rings. The molecule has 0 aromatic heterocycles. The first-order valence-electron chi connectivity index (χ1n) is 2.95. The van der Waals surface area contributed by atoms with Crippen LogP contribution in [0.1, 0.15) is 6.42 Å². The maximum Gasteiger partial charge on any atom is 0.264 e. The van der Waals surface area contributed by atoms with Crippen molar-refractivity contribution in [1.82, 2.24) is 0 Å². The van der Waals surface area contributed by atoms with E-state index in [2.05, 4.69) is 0 Å². The van der Waals surface area contributed by atoms with Gasteiger partial charge in [0.1, 0.15) is 12.5 Å². The summed E-state index contributed by atoms with van der Waals surface area (Å²) in [6, 6.07) is 0. The second kappa shape index (κ2) is 3.35. The first kappa shape index (κ1) is 8.02. The Labute approximate surface area is 69.7 Å². The van der Waals surface area contributed by atoms with Gasteiger partial charge in [0.2, 0.25) is 0 Å². The summed E-state index contributed by atoms with van der Waals surface area (Å²) < 4.78 is 10.2. The highest BCUT2D eigenvalue weighted by Crippen LogP contribution is 2.25. The van der Waals surface area contributed by atoms with Crippen molar-refractivity contribution < 1.29 is 9.47 Å². The molecule has 4 heteroatoms. The van der Waals surface area contributed by atoms with E-state index in [4.69, 9.17) is 32.7 Å². The van der Waals surface area contributed by atoms with E-state index in [0.29, 0.717) is 18.2 Å². The van der Waals surface area contributed by atoms with Crippen LogP contribution in [-0.2, 0) is 9.47 Å². The molecule has 0 aromatic carbocycles. The van der Waals surface area contributed by atoms with Gasteiger partial charge in [-0.2, -0.15) is 0 Å². The van der Waals surface area contributed by atoms with Gasteiger partial charge in [-0.15, -0.1) is 23.2 Å². The van der Waals surface area contributed by atoms with Crippen LogP contribution in [-0.4, -0.2) is 17.5 Å². The van der Waals surface area contributed by atoms with Crippen LogP contribution in [0.15, 0.2) is 12.5 Å². The number of hydrogen-bond acceptors (Lipinski definition) is 2. The Morgan fingerprint density at radius 3 is 2.20 bits per heavy atom. The summed E-state index contributed by atoms with van der Waals surface area (Å²) in [7, 11) is 0. The Morgan fingerprint density at radius 2 is 1.80 bits per heavy atom. The highest BCUT2D eigenvalue weighted by molar-refractivity contribution is 6.19. The molecular weight excluding hydrogens is 175 g/mol. The summed E-state index contributed by atoms with van der Waals surface area (Å²) in [5.74, 6) is 0.0877. The molecule has 1 aliphatic rings. The van der Waals surface area contributed by atoms with Gasteiger partial charge in [-0.1, -0.05) is 0 Å². The summed E-state index contributed by atoms with van der Waals surface area (Å²) in [5, 5.41) is 0. The largest absolute Gasteiger partial charge is 0.456 e. The van der Waals surface area contributed by atoms with Crippen molar-refractivity contribution in [1.29, 1.82) is 0 Å². The van der Waals surface area contributed by atoms with Gasteiger partial charge in [0.15, 0.2) is 0 Å². The molecule has 58 valence electrons. The molecule has 1 aliphatic heterocycles. The first-order chi connectivity index (χ1) is 4.83. The molecule has 1 heterocycles. The Morgan fingerprint density at radius 1 is 1.20 bits per heavy atom. The normalized spacial score (nSPS) is 20.2. The topological polar surface area (TPSA) is 18.5 Å². The summed E-state index contributed by atoms with van der Waals surface area (Å²) in [5.41, 5.74) is 0. The Kier molecular flexibility index (Phi) is 2.69. The van der Waals surface area contributed by atoms with Gasteiger partial charge in [-0.3, -0.25) is 0 Å². The number of rotatable bonds is 3. The fraction of sp³-hybridized carbons (Fsp3) is 0.667. The molecule has 0 atom stereocenters. The van der Waals surface area contributed by atoms with Crippen molar-refractivity contribution in [3.8, 4) is 0 Å². The van der Waals surface area contributed by atoms with Gasteiger partial charge in [0.25, 0.3) is 5.79 Å². The van der Waals surface area contributed by atoms with Crippen LogP contribution in [0.3, 0.4) is 0 Å². The van der Waals surface area contributed by atoms with Crippen molar-refractivity contribution >= 4 is 23.2 Å². The fourth-order valence-electron chi connectivity index (χ4n) is 0.723. The van der Waals surface area contributed by atoms with Gasteiger partial charge in [-0.05, 0) is 0 Å². The Hall–Kier alpha value is -0.0800. The number of alkyl halides is 2. The van der Waals surface area contributed by atoms with Crippen molar-refractivity contribution in [2.24, 2.45) is 0 Å². The van der Waals surface area contributed by atoms with Crippen LogP contribution in [0.2, 0.25) is 0 Å².